The molecule has 3 aromatic heterocycles. The van der Waals surface area contributed by atoms with Gasteiger partial charge < -0.3 is 5.32 Å². The maximum Gasteiger partial charge on any atom is 0.265 e. The highest BCUT2D eigenvalue weighted by Crippen LogP contribution is 2.32. The van der Waals surface area contributed by atoms with Gasteiger partial charge in [-0.15, -0.1) is 0 Å². The fourth-order valence-corrected chi connectivity index (χ4v) is 2.90. The fraction of sp³-hybridized carbons (Fsp3) is 0.263. The lowest BCUT2D eigenvalue weighted by Crippen LogP contribution is -2.21. The molecule has 0 atom stereocenters. The highest BCUT2D eigenvalue weighted by molar-refractivity contribution is 6.09. The lowest BCUT2D eigenvalue weighted by Gasteiger charge is -2.18. The maximum atomic E-state index is 13.6. The summed E-state index contributed by atoms with van der Waals surface area (Å²) in [4.78, 5) is 16.8. The van der Waals surface area contributed by atoms with Gasteiger partial charge in [-0.25, -0.2) is 18.3 Å². The first-order valence-corrected chi connectivity index (χ1v) is 8.66. The van der Waals surface area contributed by atoms with E-state index in [0.29, 0.717) is 16.6 Å². The molecule has 28 heavy (non-hydrogen) atoms. The van der Waals surface area contributed by atoms with Crippen LogP contribution in [0.5, 0.6) is 0 Å². The molecule has 0 radical (unpaired) electrons. The number of amides is 1. The monoisotopic (exact) mass is 384 g/mol. The number of halogens is 2. The van der Waals surface area contributed by atoms with Gasteiger partial charge in [-0.3, -0.25) is 9.48 Å². The van der Waals surface area contributed by atoms with Crippen LogP contribution in [0.15, 0.2) is 43.0 Å². The molecule has 0 aliphatic heterocycles. The fourth-order valence-electron chi connectivity index (χ4n) is 2.90. The van der Waals surface area contributed by atoms with Crippen molar-refractivity contribution in [2.24, 2.45) is 0 Å². The van der Waals surface area contributed by atoms with Crippen LogP contribution in [-0.4, -0.2) is 30.3 Å². The first kappa shape index (κ1) is 18.0. The van der Waals surface area contributed by atoms with Crippen molar-refractivity contribution in [1.82, 2.24) is 24.4 Å². The van der Waals surface area contributed by atoms with Gasteiger partial charge in [-0.1, -0.05) is 0 Å². The highest BCUT2D eigenvalue weighted by atomic mass is 19.3. The molecule has 0 saturated carbocycles. The topological polar surface area (TPSA) is 77.1 Å². The molecule has 4 rings (SSSR count). The third kappa shape index (κ3) is 3.08. The summed E-state index contributed by atoms with van der Waals surface area (Å²) in [6.45, 7) is 5.90. The van der Waals surface area contributed by atoms with Gasteiger partial charge in [0.1, 0.15) is 5.56 Å². The van der Waals surface area contributed by atoms with Crippen molar-refractivity contribution in [3.05, 3.63) is 54.1 Å². The Bertz CT molecular complexity index is 1190. The lowest BCUT2D eigenvalue weighted by atomic mass is 10.1. The number of nitrogens with one attached hydrogen (secondary N) is 1. The van der Waals surface area contributed by atoms with E-state index in [-0.39, 0.29) is 22.4 Å². The zero-order valence-electron chi connectivity index (χ0n) is 15.5. The van der Waals surface area contributed by atoms with Crippen molar-refractivity contribution in [2.75, 3.05) is 5.32 Å². The zero-order chi connectivity index (χ0) is 20.1. The van der Waals surface area contributed by atoms with Crippen LogP contribution in [0.2, 0.25) is 0 Å². The van der Waals surface area contributed by atoms with Crippen LogP contribution in [0.3, 0.4) is 0 Å². The summed E-state index contributed by atoms with van der Waals surface area (Å²) in [6.07, 6.45) is 3.55. The lowest BCUT2D eigenvalue weighted by molar-refractivity contribution is 0.102. The Morgan fingerprint density at radius 1 is 1.25 bits per heavy atom. The van der Waals surface area contributed by atoms with Gasteiger partial charge in [-0.05, 0) is 39.0 Å². The van der Waals surface area contributed by atoms with E-state index in [1.807, 2.05) is 20.8 Å². The van der Waals surface area contributed by atoms with Crippen LogP contribution < -0.4 is 5.32 Å². The van der Waals surface area contributed by atoms with E-state index in [2.05, 4.69) is 20.5 Å². The summed E-state index contributed by atoms with van der Waals surface area (Å²) in [7, 11) is 0. The molecule has 0 bridgehead atoms. The summed E-state index contributed by atoms with van der Waals surface area (Å²) in [5, 5.41) is 11.7. The molecule has 0 aliphatic rings. The Labute approximate surface area is 159 Å². The summed E-state index contributed by atoms with van der Waals surface area (Å²) in [6, 6.07) is 4.51. The molecule has 0 fully saturated rings. The number of hydrogen-bond acceptors (Lipinski definition) is 4. The summed E-state index contributed by atoms with van der Waals surface area (Å²) < 4.78 is 30.4. The summed E-state index contributed by atoms with van der Waals surface area (Å²) >= 11 is 0. The average molecular weight is 384 g/mol. The number of aromatic nitrogens is 5. The van der Waals surface area contributed by atoms with Crippen molar-refractivity contribution >= 4 is 28.1 Å². The number of hydrogen-bond donors (Lipinski definition) is 1. The molecular formula is C19H18F2N6O. The van der Waals surface area contributed by atoms with Crippen LogP contribution in [0.4, 0.5) is 14.5 Å². The van der Waals surface area contributed by atoms with E-state index in [1.54, 1.807) is 23.1 Å². The average Bonchev–Trinajstić information content (AvgIpc) is 3.24. The number of rotatable bonds is 3. The molecule has 1 aromatic carbocycles. The predicted octanol–water partition coefficient (Wildman–Crippen LogP) is 4.02. The first-order chi connectivity index (χ1) is 13.2. The van der Waals surface area contributed by atoms with E-state index < -0.39 is 12.3 Å². The third-order valence-corrected chi connectivity index (χ3v) is 4.37. The van der Waals surface area contributed by atoms with Crippen molar-refractivity contribution in [2.45, 2.75) is 32.7 Å². The summed E-state index contributed by atoms with van der Waals surface area (Å²) in [5.74, 6) is -0.557. The largest absolute Gasteiger partial charge is 0.321 e. The molecule has 1 amide bonds. The van der Waals surface area contributed by atoms with Gasteiger partial charge >= 0.3 is 0 Å². The molecule has 0 spiro atoms. The Morgan fingerprint density at radius 3 is 2.75 bits per heavy atom. The van der Waals surface area contributed by atoms with E-state index >= 15 is 0 Å². The minimum absolute atomic E-state index is 0.0382. The van der Waals surface area contributed by atoms with Crippen LogP contribution in [0, 0.1) is 0 Å². The van der Waals surface area contributed by atoms with E-state index in [9.17, 15) is 13.6 Å². The van der Waals surface area contributed by atoms with E-state index in [1.165, 1.54) is 29.0 Å². The second-order valence-corrected chi connectivity index (χ2v) is 7.44. The first-order valence-electron chi connectivity index (χ1n) is 8.66. The Kier molecular flexibility index (Phi) is 4.10. The van der Waals surface area contributed by atoms with Crippen molar-refractivity contribution in [1.29, 1.82) is 0 Å². The van der Waals surface area contributed by atoms with Crippen molar-refractivity contribution < 1.29 is 13.6 Å². The SMILES string of the molecule is CC(C)(C)n1cc2cc(NC(=O)c3cnn4cccnc34)c(C(F)F)cc2n1. The second-order valence-electron chi connectivity index (χ2n) is 7.44. The van der Waals surface area contributed by atoms with Crippen LogP contribution in [-0.2, 0) is 5.54 Å². The Morgan fingerprint density at radius 2 is 2.04 bits per heavy atom. The van der Waals surface area contributed by atoms with Gasteiger partial charge in [-0.2, -0.15) is 10.2 Å². The number of alkyl halides is 2. The number of carbonyl (C=O) groups excluding carboxylic acids is 1. The predicted molar refractivity (Wildman–Crippen MR) is 101 cm³/mol. The molecule has 9 heteroatoms. The van der Waals surface area contributed by atoms with E-state index in [0.717, 1.165) is 0 Å². The van der Waals surface area contributed by atoms with Crippen LogP contribution in [0.25, 0.3) is 16.6 Å². The van der Waals surface area contributed by atoms with Gasteiger partial charge in [0.05, 0.1) is 22.9 Å². The molecule has 0 unspecified atom stereocenters. The molecule has 0 saturated heterocycles. The number of nitrogens with zero attached hydrogens (tertiary/aromatic N) is 5. The highest BCUT2D eigenvalue weighted by Gasteiger charge is 2.22. The van der Waals surface area contributed by atoms with Gasteiger partial charge in [0, 0.05) is 29.5 Å². The number of anilines is 1. The van der Waals surface area contributed by atoms with Crippen LogP contribution in [0.1, 0.15) is 43.1 Å². The third-order valence-electron chi connectivity index (χ3n) is 4.37. The van der Waals surface area contributed by atoms with E-state index in [4.69, 9.17) is 0 Å². The molecule has 144 valence electrons. The molecule has 3 heterocycles. The van der Waals surface area contributed by atoms with Gasteiger partial charge in [0.15, 0.2) is 5.65 Å². The van der Waals surface area contributed by atoms with Crippen molar-refractivity contribution in [3.63, 3.8) is 0 Å². The molecule has 7 nitrogen and oxygen atoms in total. The van der Waals surface area contributed by atoms with Gasteiger partial charge in [0.2, 0.25) is 0 Å². The molecule has 4 aromatic rings. The maximum absolute atomic E-state index is 13.6. The minimum atomic E-state index is -2.76. The molecule has 1 N–H and O–H groups in total. The second kappa shape index (κ2) is 6.36. The van der Waals surface area contributed by atoms with Crippen LogP contribution >= 0.6 is 0 Å². The Hall–Kier alpha value is -3.36. The summed E-state index contributed by atoms with van der Waals surface area (Å²) in [5.41, 5.74) is 0.448. The minimum Gasteiger partial charge on any atom is -0.321 e. The normalized spacial score (nSPS) is 12.2. The molecule has 0 aliphatic carbocycles. The number of fused-ring (bicyclic) bond motifs is 2. The smallest absolute Gasteiger partial charge is 0.265 e. The Balaban J connectivity index is 1.76. The molecular weight excluding hydrogens is 366 g/mol. The van der Waals surface area contributed by atoms with Crippen molar-refractivity contribution in [3.8, 4) is 0 Å². The number of benzene rings is 1. The van der Waals surface area contributed by atoms with Gasteiger partial charge in [0.25, 0.3) is 12.3 Å². The zero-order valence-corrected chi connectivity index (χ0v) is 15.5. The standard InChI is InChI=1S/C19H18F2N6O/c1-19(2,3)27-10-11-7-15(12(16(20)21)8-14(11)25-27)24-18(28)13-9-23-26-6-4-5-22-17(13)26/h4-10,16H,1-3H3,(H,24,28). The number of carbonyl (C=O) groups is 1. The quantitative estimate of drug-likeness (QED) is 0.579.